The minimum absolute atomic E-state index is 0.0129. The molecule has 0 aromatic rings. The average molecular weight is 656 g/mol. The molecule has 254 valence electrons. The summed E-state index contributed by atoms with van der Waals surface area (Å²) in [5.74, 6) is -2.28. The number of rotatable bonds is 15. The highest BCUT2D eigenvalue weighted by Gasteiger charge is 2.71. The zero-order chi connectivity index (χ0) is 33.6. The number of carbonyl (C=O) groups excluding carboxylic acids is 5. The standard InChI is InChI=1S/C31H49N3O10S/c1-18(2)9-10-22-30(6,44-22)26-25(40-7)19(11-12-31(26)17-43-31)33-28(39)34-24(37)16-45-15-20(27(38)41-8)32-23(36)14-42-13-21(35)29(3,4)5/h9,19-20,22,25-26H,10-17H2,1-8H3,(H,32,36)(H2,33,34,37,39)/t19-,20?,22-,25-,26-,30+,31+/m1/s1. The summed E-state index contributed by atoms with van der Waals surface area (Å²) >= 11 is 1.04. The molecule has 2 heterocycles. The third-order valence-corrected chi connectivity index (χ3v) is 9.54. The summed E-state index contributed by atoms with van der Waals surface area (Å²) in [4.78, 5) is 61.8. The Morgan fingerprint density at radius 2 is 1.78 bits per heavy atom. The summed E-state index contributed by atoms with van der Waals surface area (Å²) in [5.41, 5.74) is -0.167. The number of ether oxygens (including phenoxy) is 5. The lowest BCUT2D eigenvalue weighted by molar-refractivity contribution is -0.145. The van der Waals surface area contributed by atoms with Crippen LogP contribution in [0.15, 0.2) is 11.6 Å². The summed E-state index contributed by atoms with van der Waals surface area (Å²) in [6.45, 7) is 11.4. The summed E-state index contributed by atoms with van der Waals surface area (Å²) in [6, 6.07) is -2.07. The molecule has 3 rings (SSSR count). The van der Waals surface area contributed by atoms with Crippen LogP contribution in [0.5, 0.6) is 0 Å². The highest BCUT2D eigenvalue weighted by atomic mass is 32.2. The number of amides is 4. The van der Waals surface area contributed by atoms with E-state index in [0.29, 0.717) is 13.0 Å². The minimum Gasteiger partial charge on any atom is -0.467 e. The number of hydrogen-bond acceptors (Lipinski definition) is 11. The fourth-order valence-electron chi connectivity index (χ4n) is 5.78. The first-order chi connectivity index (χ1) is 21.1. The highest BCUT2D eigenvalue weighted by molar-refractivity contribution is 8.00. The van der Waals surface area contributed by atoms with E-state index in [1.165, 1.54) is 12.7 Å². The minimum atomic E-state index is -1.05. The van der Waals surface area contributed by atoms with E-state index in [4.69, 9.17) is 23.7 Å². The molecule has 1 saturated carbocycles. The van der Waals surface area contributed by atoms with Gasteiger partial charge in [-0.2, -0.15) is 0 Å². The van der Waals surface area contributed by atoms with Crippen molar-refractivity contribution in [1.29, 1.82) is 0 Å². The second-order valence-electron chi connectivity index (χ2n) is 13.3. The maximum absolute atomic E-state index is 12.8. The third kappa shape index (κ3) is 9.98. The Bertz CT molecular complexity index is 1150. The normalized spacial score (nSPS) is 29.2. The third-order valence-electron chi connectivity index (χ3n) is 8.50. The van der Waals surface area contributed by atoms with Crippen LogP contribution in [-0.2, 0) is 42.9 Å². The largest absolute Gasteiger partial charge is 0.467 e. The highest BCUT2D eigenvalue weighted by Crippen LogP contribution is 2.59. The molecule has 1 aliphatic carbocycles. The molecule has 2 saturated heterocycles. The zero-order valence-electron chi connectivity index (χ0n) is 27.6. The maximum Gasteiger partial charge on any atom is 0.329 e. The second-order valence-corrected chi connectivity index (χ2v) is 14.4. The lowest BCUT2D eigenvalue weighted by atomic mass is 9.67. The number of Topliss-reactive ketones (excluding diaryl/α,β-unsaturated/α-hetero) is 1. The molecule has 45 heavy (non-hydrogen) atoms. The topological polar surface area (TPSA) is 174 Å². The number of allylic oxidation sites excluding steroid dienone is 1. The van der Waals surface area contributed by atoms with Gasteiger partial charge < -0.3 is 34.3 Å². The molecule has 1 unspecified atom stereocenters. The van der Waals surface area contributed by atoms with E-state index in [9.17, 15) is 24.0 Å². The number of carbonyl (C=O) groups is 5. The van der Waals surface area contributed by atoms with E-state index >= 15 is 0 Å². The molecule has 3 aliphatic rings. The first-order valence-electron chi connectivity index (χ1n) is 15.2. The number of urea groups is 1. The van der Waals surface area contributed by atoms with E-state index in [-0.39, 0.29) is 53.7 Å². The Balaban J connectivity index is 1.47. The Labute approximate surface area is 269 Å². The van der Waals surface area contributed by atoms with Crippen molar-refractivity contribution in [2.75, 3.05) is 45.5 Å². The van der Waals surface area contributed by atoms with Crippen molar-refractivity contribution in [3.8, 4) is 0 Å². The maximum atomic E-state index is 12.8. The van der Waals surface area contributed by atoms with Crippen LogP contribution in [0.1, 0.15) is 60.8 Å². The smallest absolute Gasteiger partial charge is 0.329 e. The fourth-order valence-corrected chi connectivity index (χ4v) is 6.61. The van der Waals surface area contributed by atoms with Gasteiger partial charge in [-0.05, 0) is 40.0 Å². The summed E-state index contributed by atoms with van der Waals surface area (Å²) in [7, 11) is 2.79. The molecule has 2 aliphatic heterocycles. The predicted molar refractivity (Wildman–Crippen MR) is 167 cm³/mol. The monoisotopic (exact) mass is 655 g/mol. The molecule has 0 radical (unpaired) electrons. The van der Waals surface area contributed by atoms with Gasteiger partial charge in [-0.3, -0.25) is 19.7 Å². The first kappa shape index (κ1) is 36.9. The number of nitrogens with one attached hydrogen (secondary N) is 3. The van der Waals surface area contributed by atoms with Crippen LogP contribution in [0.3, 0.4) is 0 Å². The van der Waals surface area contributed by atoms with Gasteiger partial charge in [-0.25, -0.2) is 9.59 Å². The quantitative estimate of drug-likeness (QED) is 0.134. The lowest BCUT2D eigenvalue weighted by Gasteiger charge is -2.43. The molecule has 3 fully saturated rings. The average Bonchev–Trinajstić information content (AvgIpc) is 3.87. The van der Waals surface area contributed by atoms with Crippen LogP contribution in [0.2, 0.25) is 0 Å². The molecule has 14 heteroatoms. The number of esters is 1. The van der Waals surface area contributed by atoms with Crippen molar-refractivity contribution in [2.24, 2.45) is 11.3 Å². The Morgan fingerprint density at radius 1 is 1.09 bits per heavy atom. The molecular weight excluding hydrogens is 606 g/mol. The van der Waals surface area contributed by atoms with Gasteiger partial charge in [0.25, 0.3) is 0 Å². The van der Waals surface area contributed by atoms with Gasteiger partial charge in [-0.15, -0.1) is 11.8 Å². The Morgan fingerprint density at radius 3 is 2.36 bits per heavy atom. The van der Waals surface area contributed by atoms with Gasteiger partial charge in [0.2, 0.25) is 11.8 Å². The van der Waals surface area contributed by atoms with E-state index in [0.717, 1.165) is 24.6 Å². The van der Waals surface area contributed by atoms with Gasteiger partial charge in [0.05, 0.1) is 43.3 Å². The number of methoxy groups -OCH3 is 2. The van der Waals surface area contributed by atoms with Crippen LogP contribution < -0.4 is 16.0 Å². The van der Waals surface area contributed by atoms with Crippen LogP contribution in [-0.4, -0.2) is 111 Å². The van der Waals surface area contributed by atoms with Crippen molar-refractivity contribution >= 4 is 41.4 Å². The first-order valence-corrected chi connectivity index (χ1v) is 16.4. The summed E-state index contributed by atoms with van der Waals surface area (Å²) in [5, 5.41) is 7.73. The van der Waals surface area contributed by atoms with Crippen molar-refractivity contribution in [2.45, 2.75) is 96.3 Å². The second kappa shape index (κ2) is 15.4. The molecular formula is C31H49N3O10S. The molecule has 3 N–H and O–H groups in total. The van der Waals surface area contributed by atoms with E-state index in [1.807, 2.05) is 0 Å². The predicted octanol–water partition coefficient (Wildman–Crippen LogP) is 1.91. The van der Waals surface area contributed by atoms with Crippen molar-refractivity contribution in [3.05, 3.63) is 11.6 Å². The van der Waals surface area contributed by atoms with E-state index in [2.05, 4.69) is 42.8 Å². The molecule has 13 nitrogen and oxygen atoms in total. The van der Waals surface area contributed by atoms with E-state index in [1.54, 1.807) is 27.9 Å². The van der Waals surface area contributed by atoms with Crippen molar-refractivity contribution in [3.63, 3.8) is 0 Å². The van der Waals surface area contributed by atoms with Crippen LogP contribution in [0.25, 0.3) is 0 Å². The van der Waals surface area contributed by atoms with Gasteiger partial charge in [0, 0.05) is 24.2 Å². The van der Waals surface area contributed by atoms with Gasteiger partial charge >= 0.3 is 12.0 Å². The molecule has 0 bridgehead atoms. The number of hydrogen-bond donors (Lipinski definition) is 3. The lowest BCUT2D eigenvalue weighted by Crippen LogP contribution is -2.60. The molecule has 0 aromatic heterocycles. The van der Waals surface area contributed by atoms with Crippen LogP contribution in [0, 0.1) is 11.3 Å². The van der Waals surface area contributed by atoms with E-state index < -0.39 is 47.5 Å². The molecule has 4 amide bonds. The van der Waals surface area contributed by atoms with Crippen LogP contribution in [0.4, 0.5) is 4.79 Å². The SMILES string of the molecule is COC(=O)C(CSCC(=O)NC(=O)N[C@@H]1CC[C@]2(CO2)[C@@H]([C@@]2(C)O[C@@H]2CC=C(C)C)[C@@H]1OC)NC(=O)COCC(=O)C(C)(C)C. The van der Waals surface area contributed by atoms with Gasteiger partial charge in [-0.1, -0.05) is 32.4 Å². The van der Waals surface area contributed by atoms with Crippen LogP contribution >= 0.6 is 11.8 Å². The number of imide groups is 1. The van der Waals surface area contributed by atoms with Crippen molar-refractivity contribution in [1.82, 2.24) is 16.0 Å². The number of epoxide rings is 2. The Hall–Kier alpha value is -2.52. The Kier molecular flexibility index (Phi) is 12.6. The number of thioether (sulfide) groups is 1. The fraction of sp³-hybridized carbons (Fsp3) is 0.774. The molecule has 7 atom stereocenters. The summed E-state index contributed by atoms with van der Waals surface area (Å²) in [6.07, 6.45) is 3.96. The molecule has 1 spiro atoms. The van der Waals surface area contributed by atoms with Crippen molar-refractivity contribution < 1.29 is 47.7 Å². The van der Waals surface area contributed by atoms with Gasteiger partial charge in [0.1, 0.15) is 24.9 Å². The summed E-state index contributed by atoms with van der Waals surface area (Å²) < 4.78 is 28.0. The zero-order valence-corrected chi connectivity index (χ0v) is 28.4. The number of ketones is 1. The molecule has 0 aromatic carbocycles. The van der Waals surface area contributed by atoms with Gasteiger partial charge in [0.15, 0.2) is 5.78 Å².